The second kappa shape index (κ2) is 8.49. The highest BCUT2D eigenvalue weighted by Gasteiger charge is 2.54. The molecular formula is C26H33NO5. The van der Waals surface area contributed by atoms with Crippen molar-refractivity contribution in [2.75, 3.05) is 19.1 Å². The largest absolute Gasteiger partial charge is 0.508 e. The van der Waals surface area contributed by atoms with Crippen LogP contribution in [-0.2, 0) is 21.4 Å². The van der Waals surface area contributed by atoms with Gasteiger partial charge in [0.05, 0.1) is 19.9 Å². The number of nitrogens with zero attached hydrogens (tertiary/aromatic N) is 1. The highest BCUT2D eigenvalue weighted by molar-refractivity contribution is 6.13. The number of esters is 1. The summed E-state index contributed by atoms with van der Waals surface area (Å²) >= 11 is 0. The molecule has 1 aliphatic rings. The van der Waals surface area contributed by atoms with Crippen molar-refractivity contribution in [3.63, 3.8) is 0 Å². The lowest BCUT2D eigenvalue weighted by molar-refractivity contribution is -0.147. The van der Waals surface area contributed by atoms with E-state index in [4.69, 9.17) is 9.47 Å². The topological polar surface area (TPSA) is 76.1 Å². The van der Waals surface area contributed by atoms with Crippen molar-refractivity contribution < 1.29 is 24.2 Å². The number of phenols is 1. The number of ether oxygens (including phenoxy) is 2. The molecule has 0 saturated carbocycles. The quantitative estimate of drug-likeness (QED) is 0.674. The van der Waals surface area contributed by atoms with Gasteiger partial charge in [0.1, 0.15) is 17.0 Å². The van der Waals surface area contributed by atoms with Crippen LogP contribution < -0.4 is 9.64 Å². The lowest BCUT2D eigenvalue weighted by atomic mass is 9.84. The third-order valence-corrected chi connectivity index (χ3v) is 6.04. The molecule has 32 heavy (non-hydrogen) atoms. The molecule has 1 amide bonds. The van der Waals surface area contributed by atoms with Crippen molar-refractivity contribution in [2.45, 2.75) is 58.4 Å². The zero-order valence-electron chi connectivity index (χ0n) is 20.0. The van der Waals surface area contributed by atoms with E-state index in [0.29, 0.717) is 29.0 Å². The van der Waals surface area contributed by atoms with Gasteiger partial charge in [-0.25, -0.2) is 4.79 Å². The Morgan fingerprint density at radius 3 is 2.41 bits per heavy atom. The molecule has 2 aromatic carbocycles. The van der Waals surface area contributed by atoms with E-state index in [0.717, 1.165) is 5.56 Å². The number of aromatic hydroxyl groups is 1. The van der Waals surface area contributed by atoms with Crippen molar-refractivity contribution >= 4 is 17.6 Å². The number of phenolic OH excluding ortho intramolecular Hbond substituents is 1. The molecule has 0 aromatic heterocycles. The fourth-order valence-electron chi connectivity index (χ4n) is 4.71. The van der Waals surface area contributed by atoms with Gasteiger partial charge in [-0.05, 0) is 47.6 Å². The highest BCUT2D eigenvalue weighted by atomic mass is 16.5. The minimum absolute atomic E-state index is 0.0653. The van der Waals surface area contributed by atoms with Gasteiger partial charge in [0.25, 0.3) is 5.91 Å². The van der Waals surface area contributed by atoms with E-state index in [2.05, 4.69) is 20.8 Å². The summed E-state index contributed by atoms with van der Waals surface area (Å²) in [5, 5.41) is 10.5. The fraction of sp³-hybridized carbons (Fsp3) is 0.462. The van der Waals surface area contributed by atoms with E-state index < -0.39 is 11.5 Å². The highest BCUT2D eigenvalue weighted by Crippen LogP contribution is 2.47. The van der Waals surface area contributed by atoms with E-state index in [1.807, 2.05) is 19.9 Å². The smallest absolute Gasteiger partial charge is 0.332 e. The molecule has 0 saturated heterocycles. The number of hydrogen-bond donors (Lipinski definition) is 1. The van der Waals surface area contributed by atoms with Crippen LogP contribution in [0.4, 0.5) is 5.69 Å². The average Bonchev–Trinajstić information content (AvgIpc) is 3.06. The Hall–Kier alpha value is -3.02. The first-order valence-corrected chi connectivity index (χ1v) is 10.9. The maximum Gasteiger partial charge on any atom is 0.332 e. The number of carbonyl (C=O) groups excluding carboxylic acids is 2. The SMILES string of the molecule is COC(=O)C1(CC(C)C)Cc2c(O)cccc2N1C(=O)c1ccc(C(C)(C)C)c(OC)c1. The van der Waals surface area contributed by atoms with Crippen molar-refractivity contribution in [1.82, 2.24) is 0 Å². The van der Waals surface area contributed by atoms with Gasteiger partial charge in [0.15, 0.2) is 0 Å². The van der Waals surface area contributed by atoms with Crippen LogP contribution in [0.5, 0.6) is 11.5 Å². The molecule has 0 fully saturated rings. The zero-order valence-corrected chi connectivity index (χ0v) is 20.0. The number of rotatable bonds is 5. The number of anilines is 1. The van der Waals surface area contributed by atoms with E-state index in [9.17, 15) is 14.7 Å². The number of carbonyl (C=O) groups is 2. The van der Waals surface area contributed by atoms with E-state index in [1.54, 1.807) is 37.4 Å². The van der Waals surface area contributed by atoms with Gasteiger partial charge >= 0.3 is 5.97 Å². The monoisotopic (exact) mass is 439 g/mol. The van der Waals surface area contributed by atoms with Gasteiger partial charge in [-0.15, -0.1) is 0 Å². The predicted molar refractivity (Wildman–Crippen MR) is 125 cm³/mol. The van der Waals surface area contributed by atoms with Crippen LogP contribution in [0.15, 0.2) is 36.4 Å². The molecule has 6 heteroatoms. The lowest BCUT2D eigenvalue weighted by Crippen LogP contribution is -2.57. The van der Waals surface area contributed by atoms with Crippen molar-refractivity contribution in [2.24, 2.45) is 5.92 Å². The minimum Gasteiger partial charge on any atom is -0.508 e. The van der Waals surface area contributed by atoms with Crippen molar-refractivity contribution in [1.29, 1.82) is 0 Å². The summed E-state index contributed by atoms with van der Waals surface area (Å²) in [5.74, 6) is -0.0343. The Bertz CT molecular complexity index is 1040. The maximum atomic E-state index is 13.9. The third-order valence-electron chi connectivity index (χ3n) is 6.04. The number of benzene rings is 2. The van der Waals surface area contributed by atoms with Crippen LogP contribution in [-0.4, -0.2) is 36.7 Å². The first-order valence-electron chi connectivity index (χ1n) is 10.9. The summed E-state index contributed by atoms with van der Waals surface area (Å²) in [4.78, 5) is 28.6. The molecule has 1 N–H and O–H groups in total. The number of methoxy groups -OCH3 is 2. The van der Waals surface area contributed by atoms with Gasteiger partial charge in [0.2, 0.25) is 0 Å². The summed E-state index contributed by atoms with van der Waals surface area (Å²) in [7, 11) is 2.91. The molecule has 172 valence electrons. The van der Waals surface area contributed by atoms with Gasteiger partial charge < -0.3 is 14.6 Å². The van der Waals surface area contributed by atoms with Crippen LogP contribution >= 0.6 is 0 Å². The molecule has 0 aliphatic carbocycles. The Kier molecular flexibility index (Phi) is 6.27. The summed E-state index contributed by atoms with van der Waals surface area (Å²) < 4.78 is 10.8. The van der Waals surface area contributed by atoms with Gasteiger partial charge in [0, 0.05) is 17.5 Å². The Morgan fingerprint density at radius 1 is 1.16 bits per heavy atom. The molecule has 1 unspecified atom stereocenters. The van der Waals surface area contributed by atoms with Gasteiger partial charge in [-0.2, -0.15) is 0 Å². The predicted octanol–water partition coefficient (Wildman–Crippen LogP) is 4.86. The van der Waals surface area contributed by atoms with Crippen LogP contribution in [0.3, 0.4) is 0 Å². The van der Waals surface area contributed by atoms with Gasteiger partial charge in [-0.1, -0.05) is 46.8 Å². The van der Waals surface area contributed by atoms with Gasteiger partial charge in [-0.3, -0.25) is 9.69 Å². The summed E-state index contributed by atoms with van der Waals surface area (Å²) in [5.41, 5.74) is 1.09. The molecule has 0 radical (unpaired) electrons. The number of amides is 1. The number of hydrogen-bond acceptors (Lipinski definition) is 5. The Morgan fingerprint density at radius 2 is 1.84 bits per heavy atom. The molecule has 3 rings (SSSR count). The third kappa shape index (κ3) is 3.94. The molecule has 0 spiro atoms. The lowest BCUT2D eigenvalue weighted by Gasteiger charge is -2.37. The Labute approximate surface area is 190 Å². The minimum atomic E-state index is -1.24. The molecule has 1 atom stereocenters. The second-order valence-corrected chi connectivity index (χ2v) is 9.88. The zero-order chi connectivity index (χ0) is 23.8. The summed E-state index contributed by atoms with van der Waals surface area (Å²) in [6.45, 7) is 10.2. The van der Waals surface area contributed by atoms with Crippen LogP contribution in [0.25, 0.3) is 0 Å². The standard InChI is InChI=1S/C26H33NO5/c1-16(2)14-26(24(30)32-7)15-18-20(9-8-10-21(18)28)27(26)23(29)17-11-12-19(25(3,4)5)22(13-17)31-6/h8-13,16,28H,14-15H2,1-7H3. The van der Waals surface area contributed by atoms with Crippen LogP contribution in [0, 0.1) is 5.92 Å². The Balaban J connectivity index is 2.20. The maximum absolute atomic E-state index is 13.9. The first-order chi connectivity index (χ1) is 15.0. The van der Waals surface area contributed by atoms with Crippen LogP contribution in [0.1, 0.15) is 62.5 Å². The number of fused-ring (bicyclic) bond motifs is 1. The van der Waals surface area contributed by atoms with Crippen LogP contribution in [0.2, 0.25) is 0 Å². The summed E-state index contributed by atoms with van der Waals surface area (Å²) in [6, 6.07) is 10.4. The van der Waals surface area contributed by atoms with Crippen molar-refractivity contribution in [3.8, 4) is 11.5 Å². The van der Waals surface area contributed by atoms with E-state index in [1.165, 1.54) is 12.0 Å². The molecule has 1 aliphatic heterocycles. The molecule has 6 nitrogen and oxygen atoms in total. The normalized spacial score (nSPS) is 17.9. The van der Waals surface area contributed by atoms with Crippen molar-refractivity contribution in [3.05, 3.63) is 53.1 Å². The molecular weight excluding hydrogens is 406 g/mol. The fourth-order valence-corrected chi connectivity index (χ4v) is 4.71. The molecule has 2 aromatic rings. The first kappa shape index (κ1) is 23.6. The van der Waals surface area contributed by atoms with E-state index in [-0.39, 0.29) is 29.4 Å². The van der Waals surface area contributed by atoms with E-state index >= 15 is 0 Å². The summed E-state index contributed by atoms with van der Waals surface area (Å²) in [6.07, 6.45) is 0.597. The average molecular weight is 440 g/mol. The molecule has 1 heterocycles. The molecule has 0 bridgehead atoms. The second-order valence-electron chi connectivity index (χ2n) is 9.88.